The Morgan fingerprint density at radius 3 is 2.63 bits per heavy atom. The predicted octanol–water partition coefficient (Wildman–Crippen LogP) is 3.60. The second kappa shape index (κ2) is 8.26. The standard InChI is InChI=1S/C21H22N4O4S/c1-14-10-15(2)21(20(11-14)25(26)27)30(28,29)23-16(3)12-24-13-17(8-9-22)18-6-4-5-7-19(18)24/h4-7,10-11,13,16,23H,8,12H2,1-3H3. The lowest BCUT2D eigenvalue weighted by Gasteiger charge is -2.17. The van der Waals surface area contributed by atoms with Crippen LogP contribution in [0.15, 0.2) is 47.5 Å². The van der Waals surface area contributed by atoms with Gasteiger partial charge in [0.05, 0.1) is 17.4 Å². The Bertz CT molecular complexity index is 1270. The Morgan fingerprint density at radius 1 is 1.27 bits per heavy atom. The third-order valence-electron chi connectivity index (χ3n) is 4.83. The molecule has 9 heteroatoms. The molecule has 0 saturated heterocycles. The van der Waals surface area contributed by atoms with Crippen molar-refractivity contribution in [3.05, 3.63) is 69.4 Å². The molecule has 8 nitrogen and oxygen atoms in total. The summed E-state index contributed by atoms with van der Waals surface area (Å²) < 4.78 is 30.4. The van der Waals surface area contributed by atoms with Crippen LogP contribution in [-0.2, 0) is 23.0 Å². The van der Waals surface area contributed by atoms with Gasteiger partial charge in [-0.25, -0.2) is 13.1 Å². The van der Waals surface area contributed by atoms with Crippen molar-refractivity contribution in [3.8, 4) is 6.07 Å². The maximum atomic E-state index is 13.0. The van der Waals surface area contributed by atoms with E-state index in [9.17, 15) is 18.5 Å². The molecule has 0 aliphatic carbocycles. The normalized spacial score (nSPS) is 12.6. The zero-order valence-corrected chi connectivity index (χ0v) is 17.7. The SMILES string of the molecule is Cc1cc(C)c(S(=O)(=O)NC(C)Cn2cc(CC#N)c3ccccc32)c([N+](=O)[O-])c1. The third-order valence-corrected chi connectivity index (χ3v) is 6.61. The molecule has 0 saturated carbocycles. The van der Waals surface area contributed by atoms with Crippen molar-refractivity contribution in [1.29, 1.82) is 5.26 Å². The number of aryl methyl sites for hydroxylation is 2. The van der Waals surface area contributed by atoms with Gasteiger partial charge >= 0.3 is 0 Å². The summed E-state index contributed by atoms with van der Waals surface area (Å²) in [5.41, 5.74) is 2.27. The fourth-order valence-corrected chi connectivity index (χ4v) is 5.39. The van der Waals surface area contributed by atoms with Gasteiger partial charge < -0.3 is 4.57 Å². The Hall–Kier alpha value is -3.22. The lowest BCUT2D eigenvalue weighted by atomic mass is 10.1. The van der Waals surface area contributed by atoms with Crippen molar-refractivity contribution in [2.45, 2.75) is 44.7 Å². The van der Waals surface area contributed by atoms with E-state index >= 15 is 0 Å². The molecular formula is C21H22N4O4S. The molecule has 2 aromatic carbocycles. The van der Waals surface area contributed by atoms with E-state index in [1.807, 2.05) is 35.0 Å². The van der Waals surface area contributed by atoms with Crippen molar-refractivity contribution < 1.29 is 13.3 Å². The number of sulfonamides is 1. The minimum Gasteiger partial charge on any atom is -0.346 e. The number of fused-ring (bicyclic) bond motifs is 1. The summed E-state index contributed by atoms with van der Waals surface area (Å²) in [4.78, 5) is 10.5. The number of nitriles is 1. The minimum atomic E-state index is -4.12. The van der Waals surface area contributed by atoms with Crippen LogP contribution in [0, 0.1) is 35.3 Å². The van der Waals surface area contributed by atoms with Crippen LogP contribution in [0.1, 0.15) is 23.6 Å². The summed E-state index contributed by atoms with van der Waals surface area (Å²) in [6.45, 7) is 5.24. The molecule has 1 unspecified atom stereocenters. The Kier molecular flexibility index (Phi) is 5.92. The van der Waals surface area contributed by atoms with Crippen molar-refractivity contribution in [3.63, 3.8) is 0 Å². The summed E-state index contributed by atoms with van der Waals surface area (Å²) in [5, 5.41) is 21.4. The highest BCUT2D eigenvalue weighted by atomic mass is 32.2. The van der Waals surface area contributed by atoms with E-state index in [4.69, 9.17) is 5.26 Å². The van der Waals surface area contributed by atoms with Gasteiger partial charge in [-0.05, 0) is 43.5 Å². The molecule has 3 rings (SSSR count). The number of hydrogen-bond acceptors (Lipinski definition) is 5. The molecule has 1 N–H and O–H groups in total. The van der Waals surface area contributed by atoms with Gasteiger partial charge in [0, 0.05) is 35.8 Å². The number of aromatic nitrogens is 1. The van der Waals surface area contributed by atoms with Crippen LogP contribution < -0.4 is 4.72 Å². The predicted molar refractivity (Wildman–Crippen MR) is 114 cm³/mol. The van der Waals surface area contributed by atoms with E-state index in [2.05, 4.69) is 10.8 Å². The molecule has 0 spiro atoms. The molecule has 0 bridgehead atoms. The monoisotopic (exact) mass is 426 g/mol. The molecule has 0 amide bonds. The quantitative estimate of drug-likeness (QED) is 0.457. The van der Waals surface area contributed by atoms with Crippen molar-refractivity contribution in [2.24, 2.45) is 0 Å². The molecule has 1 atom stereocenters. The first-order chi connectivity index (χ1) is 14.1. The topological polar surface area (TPSA) is 118 Å². The van der Waals surface area contributed by atoms with Gasteiger partial charge in [0.15, 0.2) is 4.90 Å². The average molecular weight is 426 g/mol. The molecule has 1 aromatic heterocycles. The number of benzene rings is 2. The van der Waals surface area contributed by atoms with Gasteiger partial charge in [-0.15, -0.1) is 0 Å². The van der Waals surface area contributed by atoms with Gasteiger partial charge in [-0.1, -0.05) is 24.3 Å². The largest absolute Gasteiger partial charge is 0.346 e. The van der Waals surface area contributed by atoms with E-state index in [1.165, 1.54) is 6.07 Å². The van der Waals surface area contributed by atoms with Gasteiger partial charge in [0.2, 0.25) is 10.0 Å². The van der Waals surface area contributed by atoms with Gasteiger partial charge in [-0.3, -0.25) is 10.1 Å². The van der Waals surface area contributed by atoms with Crippen LogP contribution >= 0.6 is 0 Å². The van der Waals surface area contributed by atoms with Gasteiger partial charge in [-0.2, -0.15) is 5.26 Å². The van der Waals surface area contributed by atoms with Crippen LogP contribution in [-0.4, -0.2) is 24.0 Å². The van der Waals surface area contributed by atoms with Crippen LogP contribution in [0.4, 0.5) is 5.69 Å². The fraction of sp³-hybridized carbons (Fsp3) is 0.286. The summed E-state index contributed by atoms with van der Waals surface area (Å²) in [7, 11) is -4.12. The first-order valence-electron chi connectivity index (χ1n) is 9.35. The summed E-state index contributed by atoms with van der Waals surface area (Å²) in [5.74, 6) is 0. The van der Waals surface area contributed by atoms with E-state index in [0.717, 1.165) is 16.5 Å². The van der Waals surface area contributed by atoms with Crippen molar-refractivity contribution in [2.75, 3.05) is 0 Å². The van der Waals surface area contributed by atoms with Crippen LogP contribution in [0.3, 0.4) is 0 Å². The molecule has 0 radical (unpaired) electrons. The highest BCUT2D eigenvalue weighted by molar-refractivity contribution is 7.89. The van der Waals surface area contributed by atoms with E-state index < -0.39 is 26.7 Å². The van der Waals surface area contributed by atoms with E-state index in [1.54, 1.807) is 26.8 Å². The second-order valence-electron chi connectivity index (χ2n) is 7.37. The number of hydrogen-bond donors (Lipinski definition) is 1. The zero-order chi connectivity index (χ0) is 22.1. The molecule has 0 aliphatic rings. The second-order valence-corrected chi connectivity index (χ2v) is 9.02. The minimum absolute atomic E-state index is 0.252. The first kappa shape index (κ1) is 21.5. The lowest BCUT2D eigenvalue weighted by Crippen LogP contribution is -2.36. The average Bonchev–Trinajstić information content (AvgIpc) is 2.98. The molecule has 0 aliphatic heterocycles. The molecule has 156 valence electrons. The lowest BCUT2D eigenvalue weighted by molar-refractivity contribution is -0.388. The van der Waals surface area contributed by atoms with Crippen molar-refractivity contribution >= 4 is 26.6 Å². The highest BCUT2D eigenvalue weighted by Gasteiger charge is 2.29. The zero-order valence-electron chi connectivity index (χ0n) is 16.9. The Morgan fingerprint density at radius 2 is 1.97 bits per heavy atom. The third kappa shape index (κ3) is 4.20. The first-order valence-corrected chi connectivity index (χ1v) is 10.8. The number of nitrogens with zero attached hydrogens (tertiary/aromatic N) is 3. The van der Waals surface area contributed by atoms with Gasteiger partial charge in [0.1, 0.15) is 0 Å². The Balaban J connectivity index is 1.92. The van der Waals surface area contributed by atoms with Crippen LogP contribution in [0.5, 0.6) is 0 Å². The maximum absolute atomic E-state index is 13.0. The molecular weight excluding hydrogens is 404 g/mol. The number of rotatable bonds is 7. The van der Waals surface area contributed by atoms with Crippen LogP contribution in [0.25, 0.3) is 10.9 Å². The molecule has 3 aromatic rings. The molecule has 1 heterocycles. The molecule has 30 heavy (non-hydrogen) atoms. The fourth-order valence-electron chi connectivity index (χ4n) is 3.77. The smallest absolute Gasteiger partial charge is 0.289 e. The molecule has 0 fully saturated rings. The number of nitrogens with one attached hydrogen (secondary N) is 1. The summed E-state index contributed by atoms with van der Waals surface area (Å²) in [6.07, 6.45) is 2.10. The summed E-state index contributed by atoms with van der Waals surface area (Å²) in [6, 6.07) is 12.1. The van der Waals surface area contributed by atoms with E-state index in [-0.39, 0.29) is 11.3 Å². The highest BCUT2D eigenvalue weighted by Crippen LogP contribution is 2.29. The maximum Gasteiger partial charge on any atom is 0.289 e. The number of nitro benzene ring substituents is 1. The van der Waals surface area contributed by atoms with Gasteiger partial charge in [0.25, 0.3) is 5.69 Å². The number of para-hydroxylation sites is 1. The van der Waals surface area contributed by atoms with E-state index in [0.29, 0.717) is 17.7 Å². The van der Waals surface area contributed by atoms with Crippen LogP contribution in [0.2, 0.25) is 0 Å². The Labute approximate surface area is 175 Å². The summed E-state index contributed by atoms with van der Waals surface area (Å²) >= 11 is 0. The van der Waals surface area contributed by atoms with Crippen molar-refractivity contribution in [1.82, 2.24) is 9.29 Å². The number of nitro groups is 1.